The SMILES string of the molecule is N#CCc1ccc2c(c1F)C(F)(F)OC(F)O2. The van der Waals surface area contributed by atoms with Gasteiger partial charge in [0.2, 0.25) is 0 Å². The zero-order chi connectivity index (χ0) is 12.6. The number of nitrogens with zero attached hydrogens (tertiary/aromatic N) is 1. The first-order chi connectivity index (χ1) is 7.95. The van der Waals surface area contributed by atoms with E-state index in [0.29, 0.717) is 0 Å². The maximum absolute atomic E-state index is 13.7. The highest BCUT2D eigenvalue weighted by atomic mass is 19.3. The van der Waals surface area contributed by atoms with E-state index < -0.39 is 29.8 Å². The lowest BCUT2D eigenvalue weighted by Crippen LogP contribution is -2.34. The summed E-state index contributed by atoms with van der Waals surface area (Å²) in [6, 6.07) is 3.70. The number of hydrogen-bond donors (Lipinski definition) is 0. The fourth-order valence-electron chi connectivity index (χ4n) is 1.49. The van der Waals surface area contributed by atoms with Crippen LogP contribution in [-0.4, -0.2) is 6.54 Å². The molecule has 2 rings (SSSR count). The molecule has 7 heteroatoms. The van der Waals surface area contributed by atoms with Crippen LogP contribution in [0.1, 0.15) is 11.1 Å². The summed E-state index contributed by atoms with van der Waals surface area (Å²) >= 11 is 0. The molecule has 0 bridgehead atoms. The van der Waals surface area contributed by atoms with Gasteiger partial charge in [-0.3, -0.25) is 0 Å². The minimum absolute atomic E-state index is 0.226. The second-order valence-electron chi connectivity index (χ2n) is 3.27. The van der Waals surface area contributed by atoms with Gasteiger partial charge in [-0.2, -0.15) is 18.4 Å². The first-order valence-corrected chi connectivity index (χ1v) is 4.51. The third kappa shape index (κ3) is 1.91. The van der Waals surface area contributed by atoms with Gasteiger partial charge in [-0.05, 0) is 6.07 Å². The molecule has 1 aliphatic heterocycles. The van der Waals surface area contributed by atoms with Gasteiger partial charge >= 0.3 is 12.7 Å². The van der Waals surface area contributed by atoms with E-state index in [1.807, 2.05) is 0 Å². The average molecular weight is 247 g/mol. The second kappa shape index (κ2) is 3.89. The van der Waals surface area contributed by atoms with E-state index in [-0.39, 0.29) is 12.0 Å². The second-order valence-corrected chi connectivity index (χ2v) is 3.27. The number of fused-ring (bicyclic) bond motifs is 1. The Labute approximate surface area is 93.2 Å². The van der Waals surface area contributed by atoms with Crippen molar-refractivity contribution in [3.05, 3.63) is 29.1 Å². The lowest BCUT2D eigenvalue weighted by atomic mass is 10.0. The number of hydrogen-bond acceptors (Lipinski definition) is 3. The van der Waals surface area contributed by atoms with E-state index in [9.17, 15) is 17.6 Å². The predicted octanol–water partition coefficient (Wildman–Crippen LogP) is 2.60. The molecule has 1 unspecified atom stereocenters. The molecule has 0 saturated heterocycles. The minimum Gasteiger partial charge on any atom is -0.437 e. The average Bonchev–Trinajstić information content (AvgIpc) is 2.20. The van der Waals surface area contributed by atoms with Crippen molar-refractivity contribution in [2.45, 2.75) is 19.1 Å². The van der Waals surface area contributed by atoms with Crippen molar-refractivity contribution in [3.63, 3.8) is 0 Å². The molecule has 0 fully saturated rings. The van der Waals surface area contributed by atoms with Crippen LogP contribution in [0.15, 0.2) is 12.1 Å². The zero-order valence-electron chi connectivity index (χ0n) is 8.21. The molecular formula is C10H5F4NO2. The van der Waals surface area contributed by atoms with Gasteiger partial charge in [-0.15, -0.1) is 0 Å². The number of rotatable bonds is 1. The smallest absolute Gasteiger partial charge is 0.394 e. The number of alkyl halides is 3. The zero-order valence-corrected chi connectivity index (χ0v) is 8.21. The predicted molar refractivity (Wildman–Crippen MR) is 46.2 cm³/mol. The molecule has 1 heterocycles. The van der Waals surface area contributed by atoms with Crippen LogP contribution in [0.2, 0.25) is 0 Å². The lowest BCUT2D eigenvalue weighted by Gasteiger charge is -2.28. The number of benzene rings is 1. The minimum atomic E-state index is -4.12. The van der Waals surface area contributed by atoms with E-state index >= 15 is 0 Å². The normalized spacial score (nSPS) is 21.2. The molecule has 1 aromatic rings. The molecule has 0 spiro atoms. The lowest BCUT2D eigenvalue weighted by molar-refractivity contribution is -0.356. The fourth-order valence-corrected chi connectivity index (χ4v) is 1.49. The van der Waals surface area contributed by atoms with Crippen molar-refractivity contribution in [2.75, 3.05) is 0 Å². The Hall–Kier alpha value is -1.81. The van der Waals surface area contributed by atoms with Crippen LogP contribution in [0.5, 0.6) is 5.75 Å². The summed E-state index contributed by atoms with van der Waals surface area (Å²) in [6.07, 6.45) is -4.50. The topological polar surface area (TPSA) is 42.2 Å². The van der Waals surface area contributed by atoms with Crippen LogP contribution in [-0.2, 0) is 17.3 Å². The molecule has 1 atom stereocenters. The monoisotopic (exact) mass is 247 g/mol. The molecular weight excluding hydrogens is 242 g/mol. The molecule has 3 nitrogen and oxygen atoms in total. The van der Waals surface area contributed by atoms with Gasteiger partial charge in [0, 0.05) is 5.56 Å². The van der Waals surface area contributed by atoms with Crippen molar-refractivity contribution in [3.8, 4) is 11.8 Å². The molecule has 1 aromatic carbocycles. The van der Waals surface area contributed by atoms with Crippen molar-refractivity contribution in [1.82, 2.24) is 0 Å². The Morgan fingerprint density at radius 2 is 2.12 bits per heavy atom. The van der Waals surface area contributed by atoms with Gasteiger partial charge in [0.25, 0.3) is 0 Å². The molecule has 0 saturated carbocycles. The molecule has 0 radical (unpaired) electrons. The van der Waals surface area contributed by atoms with Gasteiger partial charge in [-0.25, -0.2) is 9.13 Å². The van der Waals surface area contributed by atoms with Crippen molar-refractivity contribution < 1.29 is 27.0 Å². The van der Waals surface area contributed by atoms with Crippen LogP contribution >= 0.6 is 0 Å². The highest BCUT2D eigenvalue weighted by Crippen LogP contribution is 2.44. The summed E-state index contributed by atoms with van der Waals surface area (Å²) in [4.78, 5) is 0. The van der Waals surface area contributed by atoms with Crippen LogP contribution in [0, 0.1) is 17.1 Å². The van der Waals surface area contributed by atoms with E-state index in [1.54, 1.807) is 6.07 Å². The van der Waals surface area contributed by atoms with Gasteiger partial charge in [0.1, 0.15) is 17.1 Å². The first-order valence-electron chi connectivity index (χ1n) is 4.51. The molecule has 0 amide bonds. The summed E-state index contributed by atoms with van der Waals surface area (Å²) < 4.78 is 60.7. The number of nitriles is 1. The maximum atomic E-state index is 13.7. The highest BCUT2D eigenvalue weighted by Gasteiger charge is 2.47. The van der Waals surface area contributed by atoms with E-state index in [1.165, 1.54) is 0 Å². The van der Waals surface area contributed by atoms with Crippen molar-refractivity contribution in [1.29, 1.82) is 5.26 Å². The standard InChI is InChI=1S/C10H5F4NO2/c11-8-5(3-4-15)1-2-6-7(8)10(13,14)17-9(12)16-6/h1-2,9H,3H2. The van der Waals surface area contributed by atoms with Gasteiger partial charge in [-0.1, -0.05) is 6.07 Å². The van der Waals surface area contributed by atoms with Crippen LogP contribution < -0.4 is 4.74 Å². The molecule has 0 N–H and O–H groups in total. The third-order valence-electron chi connectivity index (χ3n) is 2.20. The highest BCUT2D eigenvalue weighted by molar-refractivity contribution is 5.42. The van der Waals surface area contributed by atoms with E-state index in [0.717, 1.165) is 12.1 Å². The Bertz CT molecular complexity index is 498. The fraction of sp³-hybridized carbons (Fsp3) is 0.300. The Kier molecular flexibility index (Phi) is 2.67. The largest absolute Gasteiger partial charge is 0.437 e. The summed E-state index contributed by atoms with van der Waals surface area (Å²) in [7, 11) is 0. The van der Waals surface area contributed by atoms with Gasteiger partial charge < -0.3 is 4.74 Å². The Balaban J connectivity index is 2.58. The summed E-state index contributed by atoms with van der Waals surface area (Å²) in [5.74, 6) is -1.95. The first kappa shape index (κ1) is 11.7. The summed E-state index contributed by atoms with van der Waals surface area (Å²) in [6.45, 7) is -2.65. The molecule has 17 heavy (non-hydrogen) atoms. The number of ether oxygens (including phenoxy) is 2. The van der Waals surface area contributed by atoms with Crippen molar-refractivity contribution in [2.24, 2.45) is 0 Å². The van der Waals surface area contributed by atoms with E-state index in [2.05, 4.69) is 9.47 Å². The summed E-state index contributed by atoms with van der Waals surface area (Å²) in [5, 5.41) is 8.39. The molecule has 90 valence electrons. The van der Waals surface area contributed by atoms with Crippen LogP contribution in [0.25, 0.3) is 0 Å². The Morgan fingerprint density at radius 1 is 1.41 bits per heavy atom. The number of halogens is 4. The third-order valence-corrected chi connectivity index (χ3v) is 2.20. The molecule has 1 aliphatic rings. The summed E-state index contributed by atoms with van der Waals surface area (Å²) in [5.41, 5.74) is -1.41. The maximum Gasteiger partial charge on any atom is 0.394 e. The van der Waals surface area contributed by atoms with Gasteiger partial charge in [0.15, 0.2) is 0 Å². The van der Waals surface area contributed by atoms with Crippen LogP contribution in [0.4, 0.5) is 17.6 Å². The Morgan fingerprint density at radius 3 is 2.76 bits per heavy atom. The molecule has 0 aliphatic carbocycles. The van der Waals surface area contributed by atoms with Crippen LogP contribution in [0.3, 0.4) is 0 Å². The quantitative estimate of drug-likeness (QED) is 0.716. The van der Waals surface area contributed by atoms with Gasteiger partial charge in [0.05, 0.1) is 12.5 Å². The van der Waals surface area contributed by atoms with Crippen molar-refractivity contribution >= 4 is 0 Å². The van der Waals surface area contributed by atoms with E-state index in [4.69, 9.17) is 5.26 Å². The molecule has 0 aromatic heterocycles.